The zero-order valence-electron chi connectivity index (χ0n) is 16.6. The lowest BCUT2D eigenvalue weighted by Crippen LogP contribution is -2.38. The first-order chi connectivity index (χ1) is 12.3. The highest BCUT2D eigenvalue weighted by molar-refractivity contribution is 5.79. The predicted molar refractivity (Wildman–Crippen MR) is 105 cm³/mol. The van der Waals surface area contributed by atoms with Crippen molar-refractivity contribution in [2.24, 2.45) is 4.99 Å². The molecule has 0 aliphatic rings. The summed E-state index contributed by atoms with van der Waals surface area (Å²) < 4.78 is 11.3. The molecule has 1 heterocycles. The van der Waals surface area contributed by atoms with Gasteiger partial charge in [-0.3, -0.25) is 4.99 Å². The zero-order chi connectivity index (χ0) is 19.2. The van der Waals surface area contributed by atoms with Gasteiger partial charge in [-0.15, -0.1) is 0 Å². The van der Waals surface area contributed by atoms with Gasteiger partial charge in [0.25, 0.3) is 0 Å². The second-order valence-corrected chi connectivity index (χ2v) is 7.22. The van der Waals surface area contributed by atoms with Gasteiger partial charge in [0.1, 0.15) is 18.1 Å². The quantitative estimate of drug-likeness (QED) is 0.471. The number of aromatic nitrogens is 1. The van der Waals surface area contributed by atoms with Crippen LogP contribution < -0.4 is 15.4 Å². The van der Waals surface area contributed by atoms with Crippen LogP contribution in [0.2, 0.25) is 0 Å². The van der Waals surface area contributed by atoms with Crippen LogP contribution in [-0.2, 0) is 12.0 Å². The summed E-state index contributed by atoms with van der Waals surface area (Å²) in [6, 6.07) is 8.26. The summed E-state index contributed by atoms with van der Waals surface area (Å²) in [5.74, 6) is 3.05. The monoisotopic (exact) mass is 358 g/mol. The lowest BCUT2D eigenvalue weighted by Gasteiger charge is -2.19. The van der Waals surface area contributed by atoms with E-state index in [9.17, 15) is 0 Å². The van der Waals surface area contributed by atoms with Crippen molar-refractivity contribution in [1.82, 2.24) is 15.6 Å². The average Bonchev–Trinajstić information content (AvgIpc) is 2.92. The first-order valence-electron chi connectivity index (χ1n) is 8.90. The third-order valence-corrected chi connectivity index (χ3v) is 4.09. The maximum absolute atomic E-state index is 5.77. The lowest BCUT2D eigenvalue weighted by atomic mass is 9.87. The number of ether oxygens (including phenoxy) is 1. The molecule has 0 atom stereocenters. The Balaban J connectivity index is 1.72. The van der Waals surface area contributed by atoms with Gasteiger partial charge >= 0.3 is 0 Å². The van der Waals surface area contributed by atoms with Crippen LogP contribution in [-0.4, -0.2) is 31.1 Å². The molecule has 0 aliphatic heterocycles. The van der Waals surface area contributed by atoms with Crippen LogP contribution in [0.1, 0.15) is 43.7 Å². The Morgan fingerprint density at radius 3 is 2.38 bits per heavy atom. The molecule has 6 nitrogen and oxygen atoms in total. The Morgan fingerprint density at radius 2 is 1.85 bits per heavy atom. The van der Waals surface area contributed by atoms with Gasteiger partial charge in [0.2, 0.25) is 5.89 Å². The van der Waals surface area contributed by atoms with Gasteiger partial charge in [-0.2, -0.15) is 0 Å². The van der Waals surface area contributed by atoms with Gasteiger partial charge in [0.05, 0.1) is 18.8 Å². The summed E-state index contributed by atoms with van der Waals surface area (Å²) in [6.07, 6.45) is 0. The minimum Gasteiger partial charge on any atom is -0.492 e. The molecule has 0 bridgehead atoms. The zero-order valence-corrected chi connectivity index (χ0v) is 16.6. The fourth-order valence-corrected chi connectivity index (χ4v) is 2.38. The Kier molecular flexibility index (Phi) is 6.66. The predicted octanol–water partition coefficient (Wildman–Crippen LogP) is 3.33. The van der Waals surface area contributed by atoms with Crippen molar-refractivity contribution in [2.45, 2.75) is 46.6 Å². The molecule has 0 radical (unpaired) electrons. The van der Waals surface area contributed by atoms with E-state index in [1.54, 1.807) is 7.05 Å². The topological polar surface area (TPSA) is 71.7 Å². The highest BCUT2D eigenvalue weighted by Gasteiger charge is 2.13. The standard InChI is InChI=1S/C20H30N4O2/c1-14-15(2)26-18(24-14)13-23-19(21-6)22-11-12-25-17-9-7-16(8-10-17)20(3,4)5/h7-10H,11-13H2,1-6H3,(H2,21,22,23). The van der Waals surface area contributed by atoms with Crippen molar-refractivity contribution in [3.63, 3.8) is 0 Å². The third-order valence-electron chi connectivity index (χ3n) is 4.09. The van der Waals surface area contributed by atoms with Gasteiger partial charge in [0, 0.05) is 7.05 Å². The molecule has 0 saturated heterocycles. The second kappa shape index (κ2) is 8.74. The van der Waals surface area contributed by atoms with Gasteiger partial charge in [-0.1, -0.05) is 32.9 Å². The van der Waals surface area contributed by atoms with Crippen molar-refractivity contribution in [3.8, 4) is 5.75 Å². The molecule has 26 heavy (non-hydrogen) atoms. The number of hydrogen-bond acceptors (Lipinski definition) is 4. The number of aryl methyl sites for hydroxylation is 2. The minimum absolute atomic E-state index is 0.151. The number of hydrogen-bond donors (Lipinski definition) is 2. The Labute approximate surface area is 156 Å². The fourth-order valence-electron chi connectivity index (χ4n) is 2.38. The summed E-state index contributed by atoms with van der Waals surface area (Å²) in [7, 11) is 1.73. The maximum atomic E-state index is 5.77. The summed E-state index contributed by atoms with van der Waals surface area (Å²) in [4.78, 5) is 8.53. The van der Waals surface area contributed by atoms with Crippen molar-refractivity contribution >= 4 is 5.96 Å². The molecule has 0 fully saturated rings. The molecular formula is C20H30N4O2. The Hall–Kier alpha value is -2.50. The van der Waals surface area contributed by atoms with Crippen LogP contribution in [0.15, 0.2) is 33.7 Å². The summed E-state index contributed by atoms with van der Waals surface area (Å²) >= 11 is 0. The molecule has 2 rings (SSSR count). The largest absolute Gasteiger partial charge is 0.492 e. The SMILES string of the molecule is CN=C(NCCOc1ccc(C(C)(C)C)cc1)NCc1nc(C)c(C)o1. The van der Waals surface area contributed by atoms with Crippen LogP contribution in [0.25, 0.3) is 0 Å². The summed E-state index contributed by atoms with van der Waals surface area (Å²) in [5, 5.41) is 6.39. The average molecular weight is 358 g/mol. The number of benzene rings is 1. The Morgan fingerprint density at radius 1 is 1.15 bits per heavy atom. The number of nitrogens with zero attached hydrogens (tertiary/aromatic N) is 2. The van der Waals surface area contributed by atoms with E-state index in [0.29, 0.717) is 31.5 Å². The van der Waals surface area contributed by atoms with Gasteiger partial charge in [-0.25, -0.2) is 4.98 Å². The molecule has 0 spiro atoms. The highest BCUT2D eigenvalue weighted by Crippen LogP contribution is 2.24. The number of nitrogens with one attached hydrogen (secondary N) is 2. The van der Waals surface area contributed by atoms with Crippen molar-refractivity contribution in [2.75, 3.05) is 20.2 Å². The second-order valence-electron chi connectivity index (χ2n) is 7.22. The number of aliphatic imine (C=N–C) groups is 1. The van der Waals surface area contributed by atoms with E-state index in [-0.39, 0.29) is 5.41 Å². The molecule has 142 valence electrons. The summed E-state index contributed by atoms with van der Waals surface area (Å²) in [6.45, 7) is 12.1. The summed E-state index contributed by atoms with van der Waals surface area (Å²) in [5.41, 5.74) is 2.36. The minimum atomic E-state index is 0.151. The fraction of sp³-hybridized carbons (Fsp3) is 0.500. The molecule has 0 aliphatic carbocycles. The highest BCUT2D eigenvalue weighted by atomic mass is 16.5. The van der Waals surface area contributed by atoms with Gasteiger partial charge < -0.3 is 19.8 Å². The van der Waals surface area contributed by atoms with Crippen molar-refractivity contribution in [3.05, 3.63) is 47.2 Å². The first-order valence-corrected chi connectivity index (χ1v) is 8.90. The third kappa shape index (κ3) is 5.79. The molecule has 0 saturated carbocycles. The van der Waals surface area contributed by atoms with Crippen LogP contribution in [0.3, 0.4) is 0 Å². The van der Waals surface area contributed by atoms with Crippen LogP contribution >= 0.6 is 0 Å². The molecule has 6 heteroatoms. The van der Waals surface area contributed by atoms with Crippen molar-refractivity contribution < 1.29 is 9.15 Å². The number of oxazole rings is 1. The van der Waals surface area contributed by atoms with E-state index in [1.165, 1.54) is 5.56 Å². The Bertz CT molecular complexity index is 708. The molecule has 2 N–H and O–H groups in total. The molecule has 0 unspecified atom stereocenters. The van der Waals surface area contributed by atoms with E-state index in [2.05, 4.69) is 53.5 Å². The number of rotatable bonds is 6. The molecule has 1 aromatic heterocycles. The molecule has 1 aromatic carbocycles. The van der Waals surface area contributed by atoms with E-state index in [1.807, 2.05) is 26.0 Å². The maximum Gasteiger partial charge on any atom is 0.214 e. The number of guanidine groups is 1. The van der Waals surface area contributed by atoms with E-state index in [0.717, 1.165) is 17.2 Å². The lowest BCUT2D eigenvalue weighted by molar-refractivity contribution is 0.321. The molecule has 0 amide bonds. The van der Waals surface area contributed by atoms with E-state index < -0.39 is 0 Å². The van der Waals surface area contributed by atoms with E-state index >= 15 is 0 Å². The van der Waals surface area contributed by atoms with Crippen molar-refractivity contribution in [1.29, 1.82) is 0 Å². The molecular weight excluding hydrogens is 328 g/mol. The van der Waals surface area contributed by atoms with Crippen LogP contribution in [0.5, 0.6) is 5.75 Å². The first kappa shape index (κ1) is 19.8. The van der Waals surface area contributed by atoms with Crippen LogP contribution in [0.4, 0.5) is 0 Å². The normalized spacial score (nSPS) is 12.2. The smallest absolute Gasteiger partial charge is 0.214 e. The van der Waals surface area contributed by atoms with Crippen LogP contribution in [0, 0.1) is 13.8 Å². The molecule has 2 aromatic rings. The van der Waals surface area contributed by atoms with Gasteiger partial charge in [0.15, 0.2) is 5.96 Å². The van der Waals surface area contributed by atoms with E-state index in [4.69, 9.17) is 9.15 Å². The van der Waals surface area contributed by atoms with Gasteiger partial charge in [-0.05, 0) is 37.0 Å².